The van der Waals surface area contributed by atoms with E-state index < -0.39 is 0 Å². The van der Waals surface area contributed by atoms with E-state index >= 15 is 0 Å². The SMILES string of the molecule is O=C(Nc1ccccc1)Nc1cccc(NC(=O)c2ccccc2-c2ccccc2)c1. The lowest BCUT2D eigenvalue weighted by Crippen LogP contribution is -2.19. The van der Waals surface area contributed by atoms with Crippen LogP contribution in [-0.2, 0) is 0 Å². The van der Waals surface area contributed by atoms with Gasteiger partial charge in [0.25, 0.3) is 5.91 Å². The minimum Gasteiger partial charge on any atom is -0.322 e. The number of amides is 3. The van der Waals surface area contributed by atoms with Gasteiger partial charge in [-0.1, -0.05) is 72.8 Å². The largest absolute Gasteiger partial charge is 0.323 e. The fourth-order valence-electron chi connectivity index (χ4n) is 3.24. The lowest BCUT2D eigenvalue weighted by atomic mass is 9.99. The second kappa shape index (κ2) is 9.41. The van der Waals surface area contributed by atoms with E-state index in [2.05, 4.69) is 16.0 Å². The van der Waals surface area contributed by atoms with Gasteiger partial charge in [0.1, 0.15) is 0 Å². The Labute approximate surface area is 180 Å². The Morgan fingerprint density at radius 2 is 1.06 bits per heavy atom. The van der Waals surface area contributed by atoms with E-state index in [0.717, 1.165) is 11.1 Å². The van der Waals surface area contributed by atoms with E-state index in [0.29, 0.717) is 22.6 Å². The molecule has 0 aliphatic carbocycles. The van der Waals surface area contributed by atoms with Crippen LogP contribution in [0.5, 0.6) is 0 Å². The van der Waals surface area contributed by atoms with Crippen LogP contribution in [0.15, 0.2) is 109 Å². The highest BCUT2D eigenvalue weighted by molar-refractivity contribution is 6.09. The molecule has 0 heterocycles. The molecule has 31 heavy (non-hydrogen) atoms. The Morgan fingerprint density at radius 1 is 0.516 bits per heavy atom. The van der Waals surface area contributed by atoms with Crippen molar-refractivity contribution in [3.05, 3.63) is 115 Å². The van der Waals surface area contributed by atoms with Gasteiger partial charge in [0.15, 0.2) is 0 Å². The van der Waals surface area contributed by atoms with Gasteiger partial charge in [-0.3, -0.25) is 4.79 Å². The predicted octanol–water partition coefficient (Wildman–Crippen LogP) is 6.25. The summed E-state index contributed by atoms with van der Waals surface area (Å²) in [4.78, 5) is 25.2. The van der Waals surface area contributed by atoms with Crippen molar-refractivity contribution in [2.75, 3.05) is 16.0 Å². The normalized spacial score (nSPS) is 10.2. The molecule has 4 rings (SSSR count). The molecule has 0 saturated carbocycles. The molecule has 0 spiro atoms. The fraction of sp³-hybridized carbons (Fsp3) is 0. The van der Waals surface area contributed by atoms with Crippen LogP contribution in [-0.4, -0.2) is 11.9 Å². The van der Waals surface area contributed by atoms with E-state index in [1.807, 2.05) is 66.7 Å². The molecule has 0 bridgehead atoms. The summed E-state index contributed by atoms with van der Waals surface area (Å²) < 4.78 is 0. The average Bonchev–Trinajstić information content (AvgIpc) is 2.80. The maximum absolute atomic E-state index is 13.0. The molecule has 0 unspecified atom stereocenters. The molecule has 0 aliphatic rings. The minimum atomic E-state index is -0.357. The zero-order valence-corrected chi connectivity index (χ0v) is 16.7. The Kier molecular flexibility index (Phi) is 6.05. The van der Waals surface area contributed by atoms with Crippen LogP contribution in [0.1, 0.15) is 10.4 Å². The van der Waals surface area contributed by atoms with Crippen LogP contribution < -0.4 is 16.0 Å². The van der Waals surface area contributed by atoms with Gasteiger partial charge in [-0.15, -0.1) is 0 Å². The van der Waals surface area contributed by atoms with E-state index in [1.54, 1.807) is 42.5 Å². The topological polar surface area (TPSA) is 70.2 Å². The smallest absolute Gasteiger partial charge is 0.322 e. The van der Waals surface area contributed by atoms with Crippen LogP contribution in [0.2, 0.25) is 0 Å². The quantitative estimate of drug-likeness (QED) is 0.366. The summed E-state index contributed by atoms with van der Waals surface area (Å²) in [7, 11) is 0. The molecule has 0 aromatic heterocycles. The zero-order valence-electron chi connectivity index (χ0n) is 16.7. The van der Waals surface area contributed by atoms with Crippen molar-refractivity contribution in [2.45, 2.75) is 0 Å². The number of hydrogen-bond donors (Lipinski definition) is 3. The average molecular weight is 407 g/mol. The van der Waals surface area contributed by atoms with Gasteiger partial charge in [0, 0.05) is 22.6 Å². The van der Waals surface area contributed by atoms with Crippen molar-refractivity contribution >= 4 is 29.0 Å². The molecular weight excluding hydrogens is 386 g/mol. The standard InChI is InChI=1S/C26H21N3O2/c30-25(24-17-8-7-16-23(24)19-10-3-1-4-11-19)27-21-14-9-15-22(18-21)29-26(31)28-20-12-5-2-6-13-20/h1-18H,(H,27,30)(H2,28,29,31). The molecule has 0 aliphatic heterocycles. The number of hydrogen-bond acceptors (Lipinski definition) is 2. The first-order valence-electron chi connectivity index (χ1n) is 9.88. The van der Waals surface area contributed by atoms with E-state index in [-0.39, 0.29) is 11.9 Å². The second-order valence-electron chi connectivity index (χ2n) is 6.89. The van der Waals surface area contributed by atoms with Crippen LogP contribution in [0, 0.1) is 0 Å². The van der Waals surface area contributed by atoms with Gasteiger partial charge in [-0.25, -0.2) is 4.79 Å². The summed E-state index contributed by atoms with van der Waals surface area (Å²) in [6.07, 6.45) is 0. The second-order valence-corrected chi connectivity index (χ2v) is 6.89. The van der Waals surface area contributed by atoms with Gasteiger partial charge in [-0.2, -0.15) is 0 Å². The third-order valence-electron chi connectivity index (χ3n) is 4.67. The highest BCUT2D eigenvalue weighted by Gasteiger charge is 2.13. The molecule has 0 atom stereocenters. The van der Waals surface area contributed by atoms with Gasteiger partial charge in [0.2, 0.25) is 0 Å². The highest BCUT2D eigenvalue weighted by atomic mass is 16.2. The van der Waals surface area contributed by atoms with Crippen LogP contribution in [0.25, 0.3) is 11.1 Å². The lowest BCUT2D eigenvalue weighted by molar-refractivity contribution is 0.102. The molecule has 3 amide bonds. The Bertz CT molecular complexity index is 1190. The first kappa shape index (κ1) is 19.9. The highest BCUT2D eigenvalue weighted by Crippen LogP contribution is 2.25. The first-order chi connectivity index (χ1) is 15.2. The molecule has 4 aromatic carbocycles. The zero-order chi connectivity index (χ0) is 21.5. The summed E-state index contributed by atoms with van der Waals surface area (Å²) in [6.45, 7) is 0. The number of nitrogens with one attached hydrogen (secondary N) is 3. The van der Waals surface area contributed by atoms with Gasteiger partial charge >= 0.3 is 6.03 Å². The van der Waals surface area contributed by atoms with Crippen molar-refractivity contribution < 1.29 is 9.59 Å². The van der Waals surface area contributed by atoms with Crippen molar-refractivity contribution in [3.8, 4) is 11.1 Å². The maximum Gasteiger partial charge on any atom is 0.323 e. The number of carbonyl (C=O) groups excluding carboxylic acids is 2. The molecule has 0 radical (unpaired) electrons. The van der Waals surface area contributed by atoms with Crippen molar-refractivity contribution in [3.63, 3.8) is 0 Å². The number of urea groups is 1. The maximum atomic E-state index is 13.0. The third-order valence-corrected chi connectivity index (χ3v) is 4.67. The number of carbonyl (C=O) groups is 2. The van der Waals surface area contributed by atoms with Gasteiger partial charge in [0.05, 0.1) is 0 Å². The lowest BCUT2D eigenvalue weighted by Gasteiger charge is -2.12. The van der Waals surface area contributed by atoms with Crippen LogP contribution >= 0.6 is 0 Å². The molecule has 4 aromatic rings. The Hall–Kier alpha value is -4.38. The third kappa shape index (κ3) is 5.16. The number of rotatable bonds is 5. The summed E-state index contributed by atoms with van der Waals surface area (Å²) in [5.74, 6) is -0.217. The molecule has 3 N–H and O–H groups in total. The first-order valence-corrected chi connectivity index (χ1v) is 9.88. The van der Waals surface area contributed by atoms with E-state index in [9.17, 15) is 9.59 Å². The summed E-state index contributed by atoms with van der Waals surface area (Å²) in [5.41, 5.74) is 4.27. The van der Waals surface area contributed by atoms with Crippen molar-refractivity contribution in [1.29, 1.82) is 0 Å². The molecule has 0 saturated heterocycles. The van der Waals surface area contributed by atoms with Gasteiger partial charge in [-0.05, 0) is 47.5 Å². The predicted molar refractivity (Wildman–Crippen MR) is 125 cm³/mol. The number of benzene rings is 4. The van der Waals surface area contributed by atoms with Crippen LogP contribution in [0.3, 0.4) is 0 Å². The van der Waals surface area contributed by atoms with Crippen molar-refractivity contribution in [1.82, 2.24) is 0 Å². The molecule has 152 valence electrons. The Morgan fingerprint density at radius 3 is 1.81 bits per heavy atom. The fourth-order valence-corrected chi connectivity index (χ4v) is 3.24. The Balaban J connectivity index is 1.47. The van der Waals surface area contributed by atoms with Crippen molar-refractivity contribution in [2.24, 2.45) is 0 Å². The van der Waals surface area contributed by atoms with Gasteiger partial charge < -0.3 is 16.0 Å². The molecule has 0 fully saturated rings. The summed E-state index contributed by atoms with van der Waals surface area (Å²) in [5, 5.41) is 8.47. The summed E-state index contributed by atoms with van der Waals surface area (Å²) >= 11 is 0. The molecule has 5 heteroatoms. The molecular formula is C26H21N3O2. The monoisotopic (exact) mass is 407 g/mol. The number of para-hydroxylation sites is 1. The van der Waals surface area contributed by atoms with E-state index in [4.69, 9.17) is 0 Å². The number of anilines is 3. The van der Waals surface area contributed by atoms with E-state index in [1.165, 1.54) is 0 Å². The molecule has 5 nitrogen and oxygen atoms in total. The summed E-state index contributed by atoms with van der Waals surface area (Å²) in [6, 6.07) is 33.1. The minimum absolute atomic E-state index is 0.217. The van der Waals surface area contributed by atoms with Crippen LogP contribution in [0.4, 0.5) is 21.9 Å².